The van der Waals surface area contributed by atoms with E-state index >= 15 is 0 Å². The molecule has 0 aromatic heterocycles. The maximum Gasteiger partial charge on any atom is 0.308 e. The fraction of sp³-hybridized carbons (Fsp3) is 0.367. The molecule has 8 heteroatoms. The van der Waals surface area contributed by atoms with Gasteiger partial charge in [-0.05, 0) is 48.2 Å². The van der Waals surface area contributed by atoms with Crippen LogP contribution >= 0.6 is 24.8 Å². The number of benzene rings is 3. The fourth-order valence-corrected chi connectivity index (χ4v) is 6.28. The third-order valence-electron chi connectivity index (χ3n) is 7.94. The molecule has 38 heavy (non-hydrogen) atoms. The number of fused-ring (bicyclic) bond motifs is 3. The van der Waals surface area contributed by atoms with Crippen LogP contribution in [0.4, 0.5) is 0 Å². The minimum atomic E-state index is -0.704. The van der Waals surface area contributed by atoms with Gasteiger partial charge in [0.2, 0.25) is 0 Å². The first-order valence-electron chi connectivity index (χ1n) is 12.6. The topological polar surface area (TPSA) is 71.0 Å². The average Bonchev–Trinajstić information content (AvgIpc) is 2.93. The highest BCUT2D eigenvalue weighted by Gasteiger charge is 2.52. The molecule has 0 spiro atoms. The van der Waals surface area contributed by atoms with E-state index in [1.165, 1.54) is 11.1 Å². The molecule has 3 saturated heterocycles. The van der Waals surface area contributed by atoms with Crippen LogP contribution < -0.4 is 14.8 Å². The zero-order valence-corrected chi connectivity index (χ0v) is 23.3. The Morgan fingerprint density at radius 2 is 1.61 bits per heavy atom. The molecule has 3 heterocycles. The summed E-state index contributed by atoms with van der Waals surface area (Å²) >= 11 is 0. The predicted octanol–water partition coefficient (Wildman–Crippen LogP) is 5.24. The van der Waals surface area contributed by atoms with Crippen LogP contribution in [0.3, 0.4) is 0 Å². The van der Waals surface area contributed by atoms with Gasteiger partial charge in [0.1, 0.15) is 11.5 Å². The molecule has 3 aliphatic rings. The molecule has 0 aliphatic carbocycles. The van der Waals surface area contributed by atoms with E-state index < -0.39 is 5.97 Å². The van der Waals surface area contributed by atoms with E-state index in [0.29, 0.717) is 13.1 Å². The van der Waals surface area contributed by atoms with Gasteiger partial charge in [-0.3, -0.25) is 9.69 Å². The molecule has 0 amide bonds. The molecule has 3 aromatic carbocycles. The molecule has 3 fully saturated rings. The molecule has 6 rings (SSSR count). The number of piperidine rings is 3. The van der Waals surface area contributed by atoms with Crippen LogP contribution in [0, 0.1) is 11.8 Å². The number of aliphatic carboxylic acids is 1. The first-order chi connectivity index (χ1) is 17.6. The van der Waals surface area contributed by atoms with Crippen LogP contribution in [0.15, 0.2) is 78.9 Å². The Balaban J connectivity index is 0.00000200. The van der Waals surface area contributed by atoms with Gasteiger partial charge in [-0.25, -0.2) is 0 Å². The lowest BCUT2D eigenvalue weighted by molar-refractivity contribution is -0.152. The van der Waals surface area contributed by atoms with E-state index in [0.717, 1.165) is 30.0 Å². The van der Waals surface area contributed by atoms with Crippen molar-refractivity contribution >= 4 is 30.8 Å². The second kappa shape index (κ2) is 13.3. The van der Waals surface area contributed by atoms with Gasteiger partial charge in [0.15, 0.2) is 0 Å². The van der Waals surface area contributed by atoms with E-state index in [1.54, 1.807) is 14.2 Å². The van der Waals surface area contributed by atoms with Crippen LogP contribution in [-0.4, -0.2) is 55.4 Å². The molecule has 0 saturated carbocycles. The van der Waals surface area contributed by atoms with Gasteiger partial charge >= 0.3 is 5.97 Å². The van der Waals surface area contributed by atoms with Gasteiger partial charge in [-0.2, -0.15) is 0 Å². The number of carboxylic acids is 1. The Hall–Kier alpha value is -2.77. The third kappa shape index (κ3) is 5.94. The second-order valence-corrected chi connectivity index (χ2v) is 9.77. The van der Waals surface area contributed by atoms with Crippen molar-refractivity contribution in [3.8, 4) is 11.5 Å². The van der Waals surface area contributed by atoms with E-state index in [9.17, 15) is 9.90 Å². The van der Waals surface area contributed by atoms with Crippen molar-refractivity contribution in [1.82, 2.24) is 10.2 Å². The summed E-state index contributed by atoms with van der Waals surface area (Å²) in [6, 6.07) is 27.1. The molecule has 2 N–H and O–H groups in total. The summed E-state index contributed by atoms with van der Waals surface area (Å²) < 4.78 is 11.1. The van der Waals surface area contributed by atoms with Gasteiger partial charge in [0, 0.05) is 36.7 Å². The maximum absolute atomic E-state index is 12.3. The zero-order chi connectivity index (χ0) is 25.1. The average molecular weight is 560 g/mol. The molecule has 6 nitrogen and oxygen atoms in total. The minimum absolute atomic E-state index is 0. The smallest absolute Gasteiger partial charge is 0.308 e. The normalized spacial score (nSPS) is 23.7. The largest absolute Gasteiger partial charge is 0.497 e. The molecular formula is C30H36Cl2N2O4. The van der Waals surface area contributed by atoms with Crippen LogP contribution in [0.2, 0.25) is 0 Å². The summed E-state index contributed by atoms with van der Waals surface area (Å²) in [5.74, 6) is 0.641. The van der Waals surface area contributed by atoms with Gasteiger partial charge < -0.3 is 19.9 Å². The molecule has 0 radical (unpaired) electrons. The maximum atomic E-state index is 12.3. The van der Waals surface area contributed by atoms with Crippen molar-refractivity contribution in [1.29, 1.82) is 0 Å². The number of nitrogens with one attached hydrogen (secondary N) is 1. The molecule has 3 aromatic rings. The van der Waals surface area contributed by atoms with Gasteiger partial charge in [0.05, 0.1) is 20.1 Å². The Morgan fingerprint density at radius 3 is 2.16 bits per heavy atom. The summed E-state index contributed by atoms with van der Waals surface area (Å²) in [5.41, 5.74) is 3.49. The molecule has 2 bridgehead atoms. The summed E-state index contributed by atoms with van der Waals surface area (Å²) in [6.45, 7) is 2.06. The van der Waals surface area contributed by atoms with Crippen LogP contribution in [0.1, 0.15) is 29.0 Å². The highest BCUT2D eigenvalue weighted by Crippen LogP contribution is 2.44. The summed E-state index contributed by atoms with van der Waals surface area (Å²) in [7, 11) is 3.33. The molecule has 3 aliphatic heterocycles. The first kappa shape index (κ1) is 29.8. The lowest BCUT2D eigenvalue weighted by atomic mass is 9.66. The van der Waals surface area contributed by atoms with Crippen molar-refractivity contribution in [3.63, 3.8) is 0 Å². The monoisotopic (exact) mass is 558 g/mol. The number of carboxylic acid groups (broad SMARTS) is 1. The number of hydrogen-bond donors (Lipinski definition) is 2. The van der Waals surface area contributed by atoms with Crippen molar-refractivity contribution < 1.29 is 19.4 Å². The number of nitrogens with zero attached hydrogens (tertiary/aromatic N) is 1. The molecule has 204 valence electrons. The second-order valence-electron chi connectivity index (χ2n) is 9.77. The Bertz CT molecular complexity index is 1140. The van der Waals surface area contributed by atoms with E-state index in [4.69, 9.17) is 9.47 Å². The number of halogens is 2. The Morgan fingerprint density at radius 1 is 0.974 bits per heavy atom. The fourth-order valence-electron chi connectivity index (χ4n) is 6.28. The van der Waals surface area contributed by atoms with Crippen molar-refractivity contribution in [3.05, 3.63) is 95.6 Å². The lowest BCUT2D eigenvalue weighted by Crippen LogP contribution is -2.68. The molecule has 1 unspecified atom stereocenters. The summed E-state index contributed by atoms with van der Waals surface area (Å²) in [4.78, 5) is 14.7. The van der Waals surface area contributed by atoms with E-state index in [1.807, 2.05) is 30.3 Å². The Kier molecular flexibility index (Phi) is 10.5. The molecule has 5 atom stereocenters. The number of hydrogen-bond acceptors (Lipinski definition) is 5. The highest BCUT2D eigenvalue weighted by molar-refractivity contribution is 5.85. The molecular weight excluding hydrogens is 523 g/mol. The number of carbonyl (C=O) groups is 1. The van der Waals surface area contributed by atoms with E-state index in [2.05, 4.69) is 58.7 Å². The number of methoxy groups -OCH3 is 2. The Labute approximate surface area is 237 Å². The predicted molar refractivity (Wildman–Crippen MR) is 154 cm³/mol. The third-order valence-corrected chi connectivity index (χ3v) is 7.94. The standard InChI is InChI=1S/C30H34N2O4.2ClH/c1-35-23-13-14-26(36-2)22(17-23)18-31-28-24-15-16-32(19-25(24)30(33)34)29(28)27(20-9-5-3-6-10-20)21-11-7-4-8-12-21;;/h3-14,17,24-25,27-29,31H,15-16,18-19H2,1-2H3,(H,33,34);2*1H/t24-,25-,28-,29-;;/m0../s1. The zero-order valence-electron chi connectivity index (χ0n) is 21.7. The lowest BCUT2D eigenvalue weighted by Gasteiger charge is -2.56. The minimum Gasteiger partial charge on any atom is -0.497 e. The van der Waals surface area contributed by atoms with Gasteiger partial charge in [-0.1, -0.05) is 60.7 Å². The highest BCUT2D eigenvalue weighted by atomic mass is 35.5. The van der Waals surface area contributed by atoms with Crippen LogP contribution in [0.5, 0.6) is 11.5 Å². The quantitative estimate of drug-likeness (QED) is 0.374. The van der Waals surface area contributed by atoms with Crippen LogP contribution in [0.25, 0.3) is 0 Å². The number of rotatable bonds is 9. The van der Waals surface area contributed by atoms with Crippen molar-refractivity contribution in [2.24, 2.45) is 11.8 Å². The van der Waals surface area contributed by atoms with Crippen molar-refractivity contribution in [2.45, 2.75) is 31.0 Å². The van der Waals surface area contributed by atoms with Gasteiger partial charge in [0.25, 0.3) is 0 Å². The summed E-state index contributed by atoms with van der Waals surface area (Å²) in [5, 5.41) is 13.9. The first-order valence-corrected chi connectivity index (χ1v) is 12.6. The van der Waals surface area contributed by atoms with Crippen molar-refractivity contribution in [2.75, 3.05) is 27.3 Å². The van der Waals surface area contributed by atoms with Gasteiger partial charge in [-0.15, -0.1) is 24.8 Å². The van der Waals surface area contributed by atoms with E-state index in [-0.39, 0.29) is 54.7 Å². The number of ether oxygens (including phenoxy) is 2. The van der Waals surface area contributed by atoms with Crippen LogP contribution in [-0.2, 0) is 11.3 Å². The SMILES string of the molecule is COc1ccc(OC)c(CN[C@H]2[C@H]3CCN(C[C@@H]3C(=O)O)[C@H]2C(c2ccccc2)c2ccccc2)c1.Cl.Cl. The summed E-state index contributed by atoms with van der Waals surface area (Å²) in [6.07, 6.45) is 0.872.